The fourth-order valence-corrected chi connectivity index (χ4v) is 13.4. The molecule has 0 saturated heterocycles. The molecule has 0 unspecified atom stereocenters. The van der Waals surface area contributed by atoms with Gasteiger partial charge in [0.15, 0.2) is 0 Å². The zero-order valence-electron chi connectivity index (χ0n) is 32.1. The zero-order chi connectivity index (χ0) is 35.8. The highest BCUT2D eigenvalue weighted by Gasteiger charge is 2.50. The number of hydrogen-bond donors (Lipinski definition) is 0. The molecule has 49 heavy (non-hydrogen) atoms. The Morgan fingerprint density at radius 2 is 1.65 bits per heavy atom. The van der Waals surface area contributed by atoms with Crippen LogP contribution in [0.2, 0.25) is 5.04 Å². The molecule has 2 aromatic carbocycles. The molecule has 0 radical (unpaired) electrons. The first-order valence-electron chi connectivity index (χ1n) is 18.8. The van der Waals surface area contributed by atoms with E-state index in [2.05, 4.69) is 147 Å². The first-order valence-corrected chi connectivity index (χ1v) is 20.7. The van der Waals surface area contributed by atoms with Gasteiger partial charge in [0.25, 0.3) is 8.32 Å². The van der Waals surface area contributed by atoms with Crippen LogP contribution < -0.4 is 10.4 Å². The van der Waals surface area contributed by atoms with Crippen molar-refractivity contribution in [1.82, 2.24) is 0 Å². The average molecular weight is 681 g/mol. The van der Waals surface area contributed by atoms with Gasteiger partial charge in [0.05, 0.1) is 6.61 Å². The lowest BCUT2D eigenvalue weighted by Crippen LogP contribution is -2.66. The molecule has 0 aromatic heterocycles. The van der Waals surface area contributed by atoms with Crippen LogP contribution >= 0.6 is 0 Å². The third-order valence-corrected chi connectivity index (χ3v) is 16.6. The van der Waals surface area contributed by atoms with Crippen LogP contribution in [0.4, 0.5) is 0 Å². The van der Waals surface area contributed by atoms with Gasteiger partial charge in [-0.05, 0) is 107 Å². The lowest BCUT2D eigenvalue weighted by Gasteiger charge is -2.43. The van der Waals surface area contributed by atoms with Gasteiger partial charge < -0.3 is 9.16 Å². The Balaban J connectivity index is 1.78. The Kier molecular flexibility index (Phi) is 13.3. The summed E-state index contributed by atoms with van der Waals surface area (Å²) in [5, 5.41) is 2.56. The van der Waals surface area contributed by atoms with E-state index >= 15 is 0 Å². The van der Waals surface area contributed by atoms with Crippen molar-refractivity contribution in [3.8, 4) is 0 Å². The van der Waals surface area contributed by atoms with Crippen molar-refractivity contribution < 1.29 is 14.0 Å². The van der Waals surface area contributed by atoms with Crippen molar-refractivity contribution in [2.24, 2.45) is 35.0 Å². The van der Waals surface area contributed by atoms with Gasteiger partial charge in [0.2, 0.25) is 0 Å². The maximum absolute atomic E-state index is 11.5. The fraction of sp³-hybridized carbons (Fsp3) is 0.533. The quantitative estimate of drug-likeness (QED) is 0.107. The van der Waals surface area contributed by atoms with E-state index in [4.69, 9.17) is 9.16 Å². The molecule has 0 bridgehead atoms. The van der Waals surface area contributed by atoms with Crippen LogP contribution in [0.5, 0.6) is 0 Å². The number of esters is 1. The molecule has 0 spiro atoms. The summed E-state index contributed by atoms with van der Waals surface area (Å²) >= 11 is 0. The summed E-state index contributed by atoms with van der Waals surface area (Å²) in [6.07, 6.45) is 16.2. The van der Waals surface area contributed by atoms with Gasteiger partial charge in [-0.1, -0.05) is 139 Å². The Hall–Kier alpha value is -2.95. The second kappa shape index (κ2) is 16.8. The van der Waals surface area contributed by atoms with Gasteiger partial charge in [0, 0.05) is 6.92 Å². The number of carbonyl (C=O) groups is 1. The summed E-state index contributed by atoms with van der Waals surface area (Å²) in [5.41, 5.74) is 4.18. The predicted molar refractivity (Wildman–Crippen MR) is 211 cm³/mol. The molecule has 266 valence electrons. The first kappa shape index (κ1) is 38.8. The minimum Gasteiger partial charge on any atom is -0.462 e. The number of benzene rings is 2. The maximum Gasteiger partial charge on any atom is 0.302 e. The van der Waals surface area contributed by atoms with Crippen molar-refractivity contribution in [3.63, 3.8) is 0 Å². The van der Waals surface area contributed by atoms with Crippen molar-refractivity contribution in [2.75, 3.05) is 13.2 Å². The van der Waals surface area contributed by atoms with E-state index in [9.17, 15) is 4.79 Å². The molecule has 4 rings (SSSR count). The largest absolute Gasteiger partial charge is 0.462 e. The van der Waals surface area contributed by atoms with Crippen molar-refractivity contribution in [1.29, 1.82) is 0 Å². The van der Waals surface area contributed by atoms with E-state index in [0.717, 1.165) is 32.1 Å². The molecule has 1 fully saturated rings. The third-order valence-electron chi connectivity index (χ3n) is 11.6. The fourth-order valence-electron chi connectivity index (χ4n) is 8.91. The molecule has 4 heteroatoms. The topological polar surface area (TPSA) is 35.5 Å². The van der Waals surface area contributed by atoms with Gasteiger partial charge in [-0.3, -0.25) is 4.79 Å². The number of hydrogen-bond acceptors (Lipinski definition) is 3. The molecule has 0 heterocycles. The molecule has 1 saturated carbocycles. The molecule has 2 aliphatic rings. The molecule has 2 aromatic rings. The number of carbonyl (C=O) groups excluding carboxylic acids is 1. The molecule has 3 nitrogen and oxygen atoms in total. The van der Waals surface area contributed by atoms with Crippen LogP contribution in [-0.2, 0) is 14.0 Å². The minimum absolute atomic E-state index is 0.0479. The Morgan fingerprint density at radius 1 is 1.04 bits per heavy atom. The van der Waals surface area contributed by atoms with E-state index in [1.54, 1.807) is 0 Å². The highest BCUT2D eigenvalue weighted by Crippen LogP contribution is 2.53. The molecule has 5 atom stereocenters. The lowest BCUT2D eigenvalue weighted by atomic mass is 9.71. The summed E-state index contributed by atoms with van der Waals surface area (Å²) in [5.74, 6) is 2.62. The Labute approximate surface area is 300 Å². The second-order valence-electron chi connectivity index (χ2n) is 16.7. The molecule has 0 amide bonds. The summed E-state index contributed by atoms with van der Waals surface area (Å²) < 4.78 is 12.9. The van der Waals surface area contributed by atoms with Gasteiger partial charge in [-0.25, -0.2) is 0 Å². The van der Waals surface area contributed by atoms with Crippen LogP contribution in [0.1, 0.15) is 101 Å². The van der Waals surface area contributed by atoms with Crippen molar-refractivity contribution in [2.45, 2.75) is 106 Å². The van der Waals surface area contributed by atoms with E-state index in [1.807, 2.05) is 0 Å². The minimum atomic E-state index is -2.72. The zero-order valence-corrected chi connectivity index (χ0v) is 33.1. The second-order valence-corrected chi connectivity index (χ2v) is 21.0. The number of rotatable bonds is 15. The smallest absolute Gasteiger partial charge is 0.302 e. The molecule has 0 N–H and O–H groups in total. The predicted octanol–water partition coefficient (Wildman–Crippen LogP) is 10.6. The van der Waals surface area contributed by atoms with Crippen molar-refractivity contribution >= 4 is 24.7 Å². The SMILES string of the molecule is C=C(C)CC[C@@H]1C(/C(=C\C[C@H]2[C@@H](C(C)C)CC[C@]2(C)/C=C/COC(C)=O)CO[Si](c2ccccc2)(c2ccccc2)C(C)(C)C)=CC[C@@H]1C. The van der Waals surface area contributed by atoms with Crippen molar-refractivity contribution in [3.05, 3.63) is 108 Å². The standard InChI is InChI=1S/C45H64O3Si/c1-33(2)22-25-41-35(5)23-26-42(41)37(24-27-43-40(34(3)4)28-30-45(43,10)29-17-31-47-36(6)46)32-48-49(44(7,8)9,38-18-13-11-14-19-38)39-20-15-12-16-21-39/h11-21,24,26,29,34-35,40-41,43H,1,22-23,25,27-28,30-32H2,2-10H3/b29-17+,37-24-/t35-,40+,41-,43-,45-/m0/s1. The number of ether oxygens (including phenoxy) is 1. The van der Waals surface area contributed by atoms with Crippen LogP contribution in [0.25, 0.3) is 0 Å². The normalized spacial score (nSPS) is 24.9. The summed E-state index contributed by atoms with van der Waals surface area (Å²) in [6, 6.07) is 22.1. The Bertz CT molecular complexity index is 1440. The van der Waals surface area contributed by atoms with Crippen LogP contribution in [0.15, 0.2) is 108 Å². The van der Waals surface area contributed by atoms with Gasteiger partial charge in [-0.2, -0.15) is 0 Å². The summed E-state index contributed by atoms with van der Waals surface area (Å²) in [6.45, 7) is 25.6. The van der Waals surface area contributed by atoms with Gasteiger partial charge in [-0.15, -0.1) is 6.58 Å². The maximum atomic E-state index is 11.5. The first-order chi connectivity index (χ1) is 23.2. The van der Waals surface area contributed by atoms with E-state index < -0.39 is 8.32 Å². The Morgan fingerprint density at radius 3 is 2.18 bits per heavy atom. The van der Waals surface area contributed by atoms with E-state index in [0.29, 0.717) is 42.8 Å². The average Bonchev–Trinajstić information content (AvgIpc) is 3.59. The summed E-state index contributed by atoms with van der Waals surface area (Å²) in [7, 11) is -2.72. The highest BCUT2D eigenvalue weighted by atomic mass is 28.4. The monoisotopic (exact) mass is 680 g/mol. The van der Waals surface area contributed by atoms with E-state index in [1.165, 1.54) is 40.4 Å². The molecule has 2 aliphatic carbocycles. The highest BCUT2D eigenvalue weighted by molar-refractivity contribution is 6.99. The molecular weight excluding hydrogens is 617 g/mol. The van der Waals surface area contributed by atoms with Crippen LogP contribution in [0, 0.1) is 35.0 Å². The lowest BCUT2D eigenvalue weighted by molar-refractivity contribution is -0.139. The third kappa shape index (κ3) is 9.24. The van der Waals surface area contributed by atoms with Gasteiger partial charge >= 0.3 is 5.97 Å². The molecular formula is C45H64O3Si. The summed E-state index contributed by atoms with van der Waals surface area (Å²) in [4.78, 5) is 11.5. The number of allylic oxidation sites excluding steroid dienone is 4. The molecule has 0 aliphatic heterocycles. The van der Waals surface area contributed by atoms with Crippen LogP contribution in [-0.4, -0.2) is 27.5 Å². The van der Waals surface area contributed by atoms with Crippen LogP contribution in [0.3, 0.4) is 0 Å². The van der Waals surface area contributed by atoms with E-state index in [-0.39, 0.29) is 16.4 Å². The van der Waals surface area contributed by atoms with Gasteiger partial charge in [0.1, 0.15) is 6.61 Å².